The van der Waals surface area contributed by atoms with Gasteiger partial charge in [-0.3, -0.25) is 14.4 Å². The van der Waals surface area contributed by atoms with E-state index in [2.05, 4.69) is 22.5 Å². The minimum Gasteiger partial charge on any atom is -0.466 e. The molecular weight excluding hydrogens is 628 g/mol. The summed E-state index contributed by atoms with van der Waals surface area (Å²) in [7, 11) is 0. The summed E-state index contributed by atoms with van der Waals surface area (Å²) in [6.45, 7) is 5.82. The Morgan fingerprint density at radius 3 is 2.58 bits per heavy atom. The number of ether oxygens (including phenoxy) is 1. The van der Waals surface area contributed by atoms with Gasteiger partial charge in [0.15, 0.2) is 0 Å². The van der Waals surface area contributed by atoms with Gasteiger partial charge in [0.2, 0.25) is 5.91 Å². The quantitative estimate of drug-likeness (QED) is 0.187. The topological polar surface area (TPSA) is 87.2 Å². The van der Waals surface area contributed by atoms with E-state index in [0.29, 0.717) is 18.5 Å². The Kier molecular flexibility index (Phi) is 8.41. The van der Waals surface area contributed by atoms with Crippen LogP contribution >= 0.6 is 27.7 Å². The number of aliphatic hydroxyl groups is 1. The number of anilines is 1. The van der Waals surface area contributed by atoms with Crippen molar-refractivity contribution >= 4 is 61.9 Å². The molecule has 7 nitrogen and oxygen atoms in total. The van der Waals surface area contributed by atoms with E-state index in [-0.39, 0.29) is 41.6 Å². The van der Waals surface area contributed by atoms with Crippen molar-refractivity contribution in [3.05, 3.63) is 91.0 Å². The number of benzene rings is 3. The van der Waals surface area contributed by atoms with Crippen LogP contribution in [-0.2, 0) is 25.5 Å². The smallest absolute Gasteiger partial charge is 0.310 e. The molecule has 2 amide bonds. The van der Waals surface area contributed by atoms with Crippen molar-refractivity contribution in [1.29, 1.82) is 0 Å². The number of esters is 1. The molecule has 3 aromatic carbocycles. The van der Waals surface area contributed by atoms with Gasteiger partial charge >= 0.3 is 5.97 Å². The molecule has 3 heterocycles. The van der Waals surface area contributed by atoms with Gasteiger partial charge in [0, 0.05) is 22.3 Å². The van der Waals surface area contributed by atoms with Crippen molar-refractivity contribution in [3.8, 4) is 0 Å². The Morgan fingerprint density at radius 1 is 1.16 bits per heavy atom. The first-order valence-corrected chi connectivity index (χ1v) is 16.5. The largest absolute Gasteiger partial charge is 0.466 e. The number of halogens is 1. The number of carbonyl (C=O) groups is 3. The van der Waals surface area contributed by atoms with Crippen LogP contribution in [0.5, 0.6) is 0 Å². The molecule has 0 saturated carbocycles. The third kappa shape index (κ3) is 4.99. The summed E-state index contributed by atoms with van der Waals surface area (Å²) >= 11 is 5.37. The van der Waals surface area contributed by atoms with Crippen LogP contribution in [0.25, 0.3) is 10.8 Å². The third-order valence-electron chi connectivity index (χ3n) is 9.06. The zero-order valence-corrected chi connectivity index (χ0v) is 26.4. The lowest BCUT2D eigenvalue weighted by Crippen LogP contribution is -2.58. The molecule has 9 heteroatoms. The summed E-state index contributed by atoms with van der Waals surface area (Å²) in [5.41, 5.74) is 1.65. The summed E-state index contributed by atoms with van der Waals surface area (Å²) in [5.74, 6) is -2.32. The fraction of sp³-hybridized carbons (Fsp3) is 0.382. The van der Waals surface area contributed by atoms with E-state index < -0.39 is 34.6 Å². The molecule has 0 radical (unpaired) electrons. The van der Waals surface area contributed by atoms with Gasteiger partial charge in [-0.05, 0) is 48.2 Å². The van der Waals surface area contributed by atoms with Crippen LogP contribution < -0.4 is 4.90 Å². The van der Waals surface area contributed by atoms with Crippen molar-refractivity contribution in [2.24, 2.45) is 11.8 Å². The second kappa shape index (κ2) is 12.1. The van der Waals surface area contributed by atoms with Gasteiger partial charge in [-0.25, -0.2) is 0 Å². The fourth-order valence-electron chi connectivity index (χ4n) is 7.33. The van der Waals surface area contributed by atoms with Crippen LogP contribution in [0.3, 0.4) is 0 Å². The predicted octanol–water partition coefficient (Wildman–Crippen LogP) is 4.99. The summed E-state index contributed by atoms with van der Waals surface area (Å²) < 4.78 is 4.63. The number of amides is 2. The predicted molar refractivity (Wildman–Crippen MR) is 173 cm³/mol. The number of hydrogen-bond donors (Lipinski definition) is 1. The monoisotopic (exact) mass is 662 g/mol. The summed E-state index contributed by atoms with van der Waals surface area (Å²) in [6.07, 6.45) is 2.61. The SMILES string of the molecule is C=CCN(C(=O)C1N([C@@H](CO)Cc2ccccc2)C(=O)[C@@H]2[C@H](C(=O)OCC)[C@H]3SC12CC3Br)c1ccc2ccccc2c1. The Bertz CT molecular complexity index is 1550. The molecule has 224 valence electrons. The van der Waals surface area contributed by atoms with E-state index >= 15 is 0 Å². The highest BCUT2D eigenvalue weighted by atomic mass is 79.9. The minimum atomic E-state index is -0.897. The number of hydrogen-bond acceptors (Lipinski definition) is 6. The Balaban J connectivity index is 1.47. The van der Waals surface area contributed by atoms with Gasteiger partial charge in [-0.15, -0.1) is 18.3 Å². The Hall–Kier alpha value is -3.14. The van der Waals surface area contributed by atoms with Crippen LogP contribution in [0.15, 0.2) is 85.5 Å². The summed E-state index contributed by atoms with van der Waals surface area (Å²) in [6, 6.07) is 22.0. The number of aliphatic hydroxyl groups excluding tert-OH is 1. The molecular formula is C34H35BrN2O5S. The molecule has 1 spiro atoms. The summed E-state index contributed by atoms with van der Waals surface area (Å²) in [5, 5.41) is 12.6. The molecule has 3 saturated heterocycles. The summed E-state index contributed by atoms with van der Waals surface area (Å²) in [4.78, 5) is 46.2. The molecule has 1 N–H and O–H groups in total. The van der Waals surface area contributed by atoms with E-state index in [0.717, 1.165) is 16.3 Å². The fourth-order valence-corrected chi connectivity index (χ4v) is 10.9. The number of nitrogens with zero attached hydrogens (tertiary/aromatic N) is 2. The third-order valence-corrected chi connectivity index (χ3v) is 12.3. The maximum atomic E-state index is 15.0. The van der Waals surface area contributed by atoms with E-state index in [1.165, 1.54) is 0 Å². The lowest BCUT2D eigenvalue weighted by atomic mass is 9.71. The van der Waals surface area contributed by atoms with Crippen molar-refractivity contribution < 1.29 is 24.2 Å². The minimum absolute atomic E-state index is 0.0681. The zero-order valence-electron chi connectivity index (χ0n) is 24.0. The van der Waals surface area contributed by atoms with Gasteiger partial charge < -0.3 is 19.6 Å². The van der Waals surface area contributed by atoms with Crippen LogP contribution in [0.2, 0.25) is 0 Å². The first-order chi connectivity index (χ1) is 20.8. The molecule has 0 aromatic heterocycles. The van der Waals surface area contributed by atoms with Crippen LogP contribution in [0.1, 0.15) is 18.9 Å². The van der Waals surface area contributed by atoms with Crippen LogP contribution in [0.4, 0.5) is 5.69 Å². The molecule has 3 fully saturated rings. The number of fused-ring (bicyclic) bond motifs is 2. The molecule has 6 rings (SSSR count). The highest BCUT2D eigenvalue weighted by molar-refractivity contribution is 9.09. The normalized spacial score (nSPS) is 28.1. The lowest BCUT2D eigenvalue weighted by molar-refractivity contribution is -0.154. The van der Waals surface area contributed by atoms with Crippen molar-refractivity contribution in [1.82, 2.24) is 4.90 Å². The first-order valence-electron chi connectivity index (χ1n) is 14.7. The number of likely N-dealkylation sites (tertiary alicyclic amines) is 1. The molecule has 3 aliphatic heterocycles. The second-order valence-corrected chi connectivity index (χ2v) is 14.2. The first kappa shape index (κ1) is 29.9. The lowest BCUT2D eigenvalue weighted by Gasteiger charge is -2.40. The highest BCUT2D eigenvalue weighted by Gasteiger charge is 2.76. The van der Waals surface area contributed by atoms with E-state index in [4.69, 9.17) is 4.74 Å². The Labute approximate surface area is 264 Å². The maximum Gasteiger partial charge on any atom is 0.310 e. The average Bonchev–Trinajstić information content (AvgIpc) is 3.62. The van der Waals surface area contributed by atoms with E-state index in [9.17, 15) is 19.5 Å². The number of carbonyl (C=O) groups excluding carboxylic acids is 3. The van der Waals surface area contributed by atoms with Crippen LogP contribution in [0, 0.1) is 11.8 Å². The maximum absolute atomic E-state index is 15.0. The van der Waals surface area contributed by atoms with Crippen LogP contribution in [-0.4, -0.2) is 74.5 Å². The molecule has 3 aromatic rings. The van der Waals surface area contributed by atoms with Gasteiger partial charge in [0.1, 0.15) is 6.04 Å². The second-order valence-electron chi connectivity index (χ2n) is 11.5. The zero-order chi connectivity index (χ0) is 30.3. The standard InChI is InChI=1S/C34H35BrN2O5S/c1-3-16-36(24-15-14-22-12-8-9-13-23(22)18-24)32(40)30-34-19-26(35)29(43-34)27(33(41)42-4-2)28(34)31(39)37(30)25(20-38)17-21-10-6-5-7-11-21/h3,5-15,18,25-30,38H,1,4,16-17,19-20H2,2H3/t25-,26?,27+,28+,29+,30?,34?/m1/s1. The van der Waals surface area contributed by atoms with Gasteiger partial charge in [-0.1, -0.05) is 82.7 Å². The number of alkyl halides is 1. The molecule has 0 aliphatic carbocycles. The van der Waals surface area contributed by atoms with E-state index in [1.54, 1.807) is 34.6 Å². The highest BCUT2D eigenvalue weighted by Crippen LogP contribution is 2.68. The molecule has 7 atom stereocenters. The van der Waals surface area contributed by atoms with Crippen molar-refractivity contribution in [3.63, 3.8) is 0 Å². The molecule has 3 aliphatic rings. The van der Waals surface area contributed by atoms with Gasteiger partial charge in [-0.2, -0.15) is 0 Å². The molecule has 2 bridgehead atoms. The average molecular weight is 664 g/mol. The van der Waals surface area contributed by atoms with E-state index in [1.807, 2.05) is 72.8 Å². The van der Waals surface area contributed by atoms with Gasteiger partial charge in [0.05, 0.1) is 35.8 Å². The molecule has 3 unspecified atom stereocenters. The Morgan fingerprint density at radius 2 is 1.88 bits per heavy atom. The number of thioether (sulfide) groups is 1. The van der Waals surface area contributed by atoms with Gasteiger partial charge in [0.25, 0.3) is 5.91 Å². The van der Waals surface area contributed by atoms with Crippen molar-refractivity contribution in [2.75, 3.05) is 24.7 Å². The number of rotatable bonds is 10. The van der Waals surface area contributed by atoms with Crippen molar-refractivity contribution in [2.45, 2.75) is 46.7 Å². The molecule has 43 heavy (non-hydrogen) atoms.